The molecule has 0 bridgehead atoms. The van der Waals surface area contributed by atoms with Gasteiger partial charge in [-0.15, -0.1) is 0 Å². The highest BCUT2D eigenvalue weighted by atomic mass is 16.6. The van der Waals surface area contributed by atoms with E-state index in [1.54, 1.807) is 6.20 Å². The van der Waals surface area contributed by atoms with Gasteiger partial charge in [0.15, 0.2) is 5.82 Å². The Hall–Kier alpha value is -2.72. The lowest BCUT2D eigenvalue weighted by Crippen LogP contribution is -2.15. The van der Waals surface area contributed by atoms with Crippen LogP contribution in [0.25, 0.3) is 22.6 Å². The lowest BCUT2D eigenvalue weighted by atomic mass is 9.98. The van der Waals surface area contributed by atoms with Crippen molar-refractivity contribution in [1.82, 2.24) is 9.97 Å². The lowest BCUT2D eigenvalue weighted by molar-refractivity contribution is -0.0219. The molecule has 4 heteroatoms. The van der Waals surface area contributed by atoms with Gasteiger partial charge in [-0.05, 0) is 42.5 Å². The Kier molecular flexibility index (Phi) is 2.94. The van der Waals surface area contributed by atoms with E-state index in [0.29, 0.717) is 17.1 Å². The lowest BCUT2D eigenvalue weighted by Gasteiger charge is -2.25. The van der Waals surface area contributed by atoms with Crippen molar-refractivity contribution in [3.63, 3.8) is 0 Å². The van der Waals surface area contributed by atoms with E-state index < -0.39 is 6.29 Å². The van der Waals surface area contributed by atoms with E-state index in [9.17, 15) is 5.11 Å². The van der Waals surface area contributed by atoms with Crippen molar-refractivity contribution in [3.8, 4) is 28.4 Å². The SMILES string of the molecule is OC1Oc2cc3c(cc2-c2nc(-c4ccccc4)ncc21)CCC3. The molecule has 0 spiro atoms. The molecule has 2 heterocycles. The third-order valence-electron chi connectivity index (χ3n) is 4.80. The van der Waals surface area contributed by atoms with E-state index in [0.717, 1.165) is 29.7 Å². The topological polar surface area (TPSA) is 55.2 Å². The van der Waals surface area contributed by atoms with Gasteiger partial charge in [-0.25, -0.2) is 9.97 Å². The van der Waals surface area contributed by atoms with Crippen molar-refractivity contribution in [1.29, 1.82) is 0 Å². The minimum Gasteiger partial charge on any atom is -0.460 e. The molecule has 1 atom stereocenters. The summed E-state index contributed by atoms with van der Waals surface area (Å²) in [7, 11) is 0. The minimum atomic E-state index is -1.02. The molecule has 1 aliphatic heterocycles. The molecule has 2 aromatic carbocycles. The predicted octanol–water partition coefficient (Wildman–Crippen LogP) is 3.68. The zero-order valence-corrected chi connectivity index (χ0v) is 13.1. The number of aliphatic hydroxyl groups is 1. The fourth-order valence-corrected chi connectivity index (χ4v) is 3.58. The molecule has 0 saturated heterocycles. The van der Waals surface area contributed by atoms with Gasteiger partial charge in [-0.3, -0.25) is 0 Å². The van der Waals surface area contributed by atoms with Gasteiger partial charge in [0.25, 0.3) is 0 Å². The molecule has 118 valence electrons. The summed E-state index contributed by atoms with van der Waals surface area (Å²) in [6, 6.07) is 14.1. The van der Waals surface area contributed by atoms with Crippen molar-refractivity contribution >= 4 is 0 Å². The summed E-state index contributed by atoms with van der Waals surface area (Å²) in [6.07, 6.45) is 4.00. The third kappa shape index (κ3) is 2.03. The Bertz CT molecular complexity index is 938. The van der Waals surface area contributed by atoms with Crippen molar-refractivity contribution in [2.24, 2.45) is 0 Å². The molecule has 24 heavy (non-hydrogen) atoms. The number of hydrogen-bond donors (Lipinski definition) is 1. The van der Waals surface area contributed by atoms with Crippen LogP contribution in [0.2, 0.25) is 0 Å². The number of ether oxygens (including phenoxy) is 1. The van der Waals surface area contributed by atoms with Crippen molar-refractivity contribution in [2.75, 3.05) is 0 Å². The maximum absolute atomic E-state index is 10.3. The molecule has 2 aliphatic rings. The first-order chi connectivity index (χ1) is 11.8. The molecular formula is C20H16N2O2. The second-order valence-electron chi connectivity index (χ2n) is 6.30. The molecule has 0 fully saturated rings. The van der Waals surface area contributed by atoms with Crippen LogP contribution in [-0.2, 0) is 12.8 Å². The zero-order valence-electron chi connectivity index (χ0n) is 13.1. The Morgan fingerprint density at radius 2 is 1.83 bits per heavy atom. The van der Waals surface area contributed by atoms with Gasteiger partial charge in [0.05, 0.1) is 11.3 Å². The standard InChI is InChI=1S/C20H16N2O2/c23-20-16-11-21-19(12-5-2-1-3-6-12)22-18(16)15-9-13-7-4-8-14(13)10-17(15)24-20/h1-3,5-6,9-11,20,23H,4,7-8H2. The Morgan fingerprint density at radius 3 is 2.67 bits per heavy atom. The van der Waals surface area contributed by atoms with Gasteiger partial charge >= 0.3 is 0 Å². The molecule has 0 radical (unpaired) electrons. The average molecular weight is 316 g/mol. The summed E-state index contributed by atoms with van der Waals surface area (Å²) >= 11 is 0. The van der Waals surface area contributed by atoms with Crippen LogP contribution in [0.3, 0.4) is 0 Å². The summed E-state index contributed by atoms with van der Waals surface area (Å²) in [5, 5.41) is 10.3. The largest absolute Gasteiger partial charge is 0.460 e. The average Bonchev–Trinajstić information content (AvgIpc) is 3.08. The van der Waals surface area contributed by atoms with Gasteiger partial charge < -0.3 is 9.84 Å². The molecule has 0 saturated carbocycles. The Labute approximate surface area is 139 Å². The van der Waals surface area contributed by atoms with E-state index in [1.165, 1.54) is 17.5 Å². The van der Waals surface area contributed by atoms with Crippen LogP contribution in [-0.4, -0.2) is 15.1 Å². The smallest absolute Gasteiger partial charge is 0.227 e. The summed E-state index contributed by atoms with van der Waals surface area (Å²) < 4.78 is 5.70. The van der Waals surface area contributed by atoms with Crippen LogP contribution in [0.5, 0.6) is 5.75 Å². The minimum absolute atomic E-state index is 0.625. The summed E-state index contributed by atoms with van der Waals surface area (Å²) in [5.41, 5.74) is 5.99. The molecule has 0 amide bonds. The quantitative estimate of drug-likeness (QED) is 0.744. The van der Waals surface area contributed by atoms with Crippen molar-refractivity contribution in [3.05, 3.63) is 65.4 Å². The molecule has 3 aromatic rings. The van der Waals surface area contributed by atoms with Gasteiger partial charge in [0.1, 0.15) is 5.75 Å². The highest BCUT2D eigenvalue weighted by Crippen LogP contribution is 2.43. The van der Waals surface area contributed by atoms with Crippen molar-refractivity contribution in [2.45, 2.75) is 25.6 Å². The second kappa shape index (κ2) is 5.14. The number of nitrogens with zero attached hydrogens (tertiary/aromatic N) is 2. The molecule has 1 N–H and O–H groups in total. The van der Waals surface area contributed by atoms with E-state index in [2.05, 4.69) is 17.1 Å². The third-order valence-corrected chi connectivity index (χ3v) is 4.80. The summed E-state index contributed by atoms with van der Waals surface area (Å²) in [6.45, 7) is 0. The molecule has 5 rings (SSSR count). The van der Waals surface area contributed by atoms with Crippen LogP contribution < -0.4 is 4.74 Å². The summed E-state index contributed by atoms with van der Waals surface area (Å²) in [4.78, 5) is 9.16. The van der Waals surface area contributed by atoms with Gasteiger partial charge in [0.2, 0.25) is 6.29 Å². The molecule has 4 nitrogen and oxygen atoms in total. The van der Waals surface area contributed by atoms with E-state index in [4.69, 9.17) is 9.72 Å². The van der Waals surface area contributed by atoms with Gasteiger partial charge in [-0.1, -0.05) is 30.3 Å². The van der Waals surface area contributed by atoms with Crippen LogP contribution in [0.1, 0.15) is 29.4 Å². The number of hydrogen-bond acceptors (Lipinski definition) is 4. The Balaban J connectivity index is 1.71. The number of aromatic nitrogens is 2. The fourth-order valence-electron chi connectivity index (χ4n) is 3.58. The molecular weight excluding hydrogens is 300 g/mol. The molecule has 1 aromatic heterocycles. The maximum atomic E-state index is 10.3. The maximum Gasteiger partial charge on any atom is 0.227 e. The highest BCUT2D eigenvalue weighted by molar-refractivity contribution is 5.75. The van der Waals surface area contributed by atoms with Crippen molar-refractivity contribution < 1.29 is 9.84 Å². The van der Waals surface area contributed by atoms with E-state index in [1.807, 2.05) is 30.3 Å². The zero-order chi connectivity index (χ0) is 16.1. The van der Waals surface area contributed by atoms with E-state index in [-0.39, 0.29) is 0 Å². The number of benzene rings is 2. The number of aliphatic hydroxyl groups excluding tert-OH is 1. The first-order valence-corrected chi connectivity index (χ1v) is 8.23. The van der Waals surface area contributed by atoms with Crippen LogP contribution in [0, 0.1) is 0 Å². The number of rotatable bonds is 1. The Morgan fingerprint density at radius 1 is 1.04 bits per heavy atom. The van der Waals surface area contributed by atoms with Crippen LogP contribution in [0.4, 0.5) is 0 Å². The fraction of sp³-hybridized carbons (Fsp3) is 0.200. The number of aryl methyl sites for hydroxylation is 2. The monoisotopic (exact) mass is 316 g/mol. The van der Waals surface area contributed by atoms with Gasteiger partial charge in [0, 0.05) is 17.3 Å². The van der Waals surface area contributed by atoms with Gasteiger partial charge in [-0.2, -0.15) is 0 Å². The predicted molar refractivity (Wildman–Crippen MR) is 90.5 cm³/mol. The highest BCUT2D eigenvalue weighted by Gasteiger charge is 2.28. The molecule has 1 aliphatic carbocycles. The normalized spacial score (nSPS) is 17.6. The van der Waals surface area contributed by atoms with E-state index >= 15 is 0 Å². The first kappa shape index (κ1) is 13.7. The first-order valence-electron chi connectivity index (χ1n) is 8.23. The number of fused-ring (bicyclic) bond motifs is 4. The summed E-state index contributed by atoms with van der Waals surface area (Å²) in [5.74, 6) is 1.38. The van der Waals surface area contributed by atoms with Crippen LogP contribution in [0.15, 0.2) is 48.7 Å². The van der Waals surface area contributed by atoms with Crippen LogP contribution >= 0.6 is 0 Å². The second-order valence-corrected chi connectivity index (χ2v) is 6.30. The molecule has 1 unspecified atom stereocenters.